The van der Waals surface area contributed by atoms with E-state index in [1.807, 2.05) is 18.2 Å². The Morgan fingerprint density at radius 2 is 2.00 bits per heavy atom. The van der Waals surface area contributed by atoms with Crippen LogP contribution < -0.4 is 5.73 Å². The maximum Gasteiger partial charge on any atom is 0.0453 e. The summed E-state index contributed by atoms with van der Waals surface area (Å²) >= 11 is 7.67. The van der Waals surface area contributed by atoms with Gasteiger partial charge in [-0.1, -0.05) is 41.4 Å². The summed E-state index contributed by atoms with van der Waals surface area (Å²) in [4.78, 5) is 1.04. The van der Waals surface area contributed by atoms with Gasteiger partial charge >= 0.3 is 0 Å². The average Bonchev–Trinajstić information content (AvgIpc) is 2.30. The Hall–Kier alpha value is -1.12. The molecular formula is C14H14ClNS. The first-order valence-corrected chi connectivity index (χ1v) is 6.75. The van der Waals surface area contributed by atoms with Crippen molar-refractivity contribution >= 4 is 29.1 Å². The van der Waals surface area contributed by atoms with E-state index in [4.69, 9.17) is 17.3 Å². The first kappa shape index (κ1) is 12.3. The van der Waals surface area contributed by atoms with Gasteiger partial charge < -0.3 is 5.73 Å². The van der Waals surface area contributed by atoms with Crippen LogP contribution in [0, 0.1) is 6.92 Å². The van der Waals surface area contributed by atoms with Gasteiger partial charge in [0.15, 0.2) is 0 Å². The number of rotatable bonds is 3. The molecule has 0 spiro atoms. The van der Waals surface area contributed by atoms with Gasteiger partial charge in [0.1, 0.15) is 0 Å². The van der Waals surface area contributed by atoms with Gasteiger partial charge in [-0.3, -0.25) is 0 Å². The molecule has 17 heavy (non-hydrogen) atoms. The van der Waals surface area contributed by atoms with E-state index < -0.39 is 0 Å². The standard InChI is InChI=1S/C14H14ClNS/c1-10-3-2-4-11(7-10)9-17-14-8-12(15)5-6-13(14)16/h2-8H,9,16H2,1H3. The SMILES string of the molecule is Cc1cccc(CSc2cc(Cl)ccc2N)c1. The molecule has 88 valence electrons. The van der Waals surface area contributed by atoms with E-state index in [2.05, 4.69) is 31.2 Å². The fourth-order valence-electron chi connectivity index (χ4n) is 1.60. The third-order valence-corrected chi connectivity index (χ3v) is 3.83. The smallest absolute Gasteiger partial charge is 0.0453 e. The number of nitrogens with two attached hydrogens (primary N) is 1. The molecule has 2 aromatic rings. The molecule has 0 saturated carbocycles. The average molecular weight is 264 g/mol. The minimum Gasteiger partial charge on any atom is -0.398 e. The minimum atomic E-state index is 0.728. The van der Waals surface area contributed by atoms with Crippen molar-refractivity contribution in [1.82, 2.24) is 0 Å². The van der Waals surface area contributed by atoms with Gasteiger partial charge in [0.05, 0.1) is 0 Å². The number of nitrogen functional groups attached to an aromatic ring is 1. The first-order chi connectivity index (χ1) is 8.15. The normalized spacial score (nSPS) is 10.5. The van der Waals surface area contributed by atoms with E-state index >= 15 is 0 Å². The summed E-state index contributed by atoms with van der Waals surface area (Å²) < 4.78 is 0. The van der Waals surface area contributed by atoms with Crippen molar-refractivity contribution in [2.24, 2.45) is 0 Å². The molecule has 0 amide bonds. The van der Waals surface area contributed by atoms with Gasteiger partial charge in [-0.2, -0.15) is 0 Å². The van der Waals surface area contributed by atoms with E-state index in [9.17, 15) is 0 Å². The molecule has 2 rings (SSSR count). The highest BCUT2D eigenvalue weighted by atomic mass is 35.5. The predicted octanol–water partition coefficient (Wildman–Crippen LogP) is 4.52. The predicted molar refractivity (Wildman–Crippen MR) is 76.6 cm³/mol. The van der Waals surface area contributed by atoms with Crippen LogP contribution in [-0.2, 0) is 5.75 Å². The number of thioether (sulfide) groups is 1. The van der Waals surface area contributed by atoms with Crippen LogP contribution in [0.2, 0.25) is 5.02 Å². The minimum absolute atomic E-state index is 0.728. The lowest BCUT2D eigenvalue weighted by Gasteiger charge is -2.06. The van der Waals surface area contributed by atoms with Crippen LogP contribution >= 0.6 is 23.4 Å². The molecule has 0 aliphatic rings. The molecule has 0 unspecified atom stereocenters. The molecule has 0 heterocycles. The molecule has 0 fully saturated rings. The van der Waals surface area contributed by atoms with Crippen molar-refractivity contribution in [1.29, 1.82) is 0 Å². The number of hydrogen-bond donors (Lipinski definition) is 1. The summed E-state index contributed by atoms with van der Waals surface area (Å²) in [6, 6.07) is 14.1. The lowest BCUT2D eigenvalue weighted by Crippen LogP contribution is -1.89. The lowest BCUT2D eigenvalue weighted by molar-refractivity contribution is 1.34. The Morgan fingerprint density at radius 3 is 2.76 bits per heavy atom. The van der Waals surface area contributed by atoms with E-state index in [1.54, 1.807) is 11.8 Å². The van der Waals surface area contributed by atoms with Crippen molar-refractivity contribution in [3.8, 4) is 0 Å². The summed E-state index contributed by atoms with van der Waals surface area (Å²) in [7, 11) is 0. The molecule has 0 bridgehead atoms. The van der Waals surface area contributed by atoms with E-state index in [0.29, 0.717) is 0 Å². The van der Waals surface area contributed by atoms with Crippen LogP contribution in [0.3, 0.4) is 0 Å². The molecule has 0 aliphatic carbocycles. The molecule has 0 radical (unpaired) electrons. The monoisotopic (exact) mass is 263 g/mol. The van der Waals surface area contributed by atoms with Crippen molar-refractivity contribution in [3.63, 3.8) is 0 Å². The summed E-state index contributed by atoms with van der Waals surface area (Å²) in [6.07, 6.45) is 0. The number of aryl methyl sites for hydroxylation is 1. The fraction of sp³-hybridized carbons (Fsp3) is 0.143. The Balaban J connectivity index is 2.09. The molecular weight excluding hydrogens is 250 g/mol. The Kier molecular flexibility index (Phi) is 3.97. The highest BCUT2D eigenvalue weighted by Crippen LogP contribution is 2.30. The summed E-state index contributed by atoms with van der Waals surface area (Å²) in [5.41, 5.74) is 9.27. The number of hydrogen-bond acceptors (Lipinski definition) is 2. The van der Waals surface area contributed by atoms with Gasteiger partial charge in [0, 0.05) is 21.4 Å². The van der Waals surface area contributed by atoms with Crippen molar-refractivity contribution < 1.29 is 0 Å². The zero-order valence-corrected chi connectivity index (χ0v) is 11.2. The topological polar surface area (TPSA) is 26.0 Å². The van der Waals surface area contributed by atoms with Gasteiger partial charge in [-0.05, 0) is 30.7 Å². The van der Waals surface area contributed by atoms with Crippen molar-refractivity contribution in [2.45, 2.75) is 17.6 Å². The Morgan fingerprint density at radius 1 is 1.18 bits per heavy atom. The zero-order chi connectivity index (χ0) is 12.3. The van der Waals surface area contributed by atoms with Crippen LogP contribution in [-0.4, -0.2) is 0 Å². The summed E-state index contributed by atoms with van der Waals surface area (Å²) in [6.45, 7) is 2.10. The maximum absolute atomic E-state index is 5.95. The zero-order valence-electron chi connectivity index (χ0n) is 9.61. The third kappa shape index (κ3) is 3.42. The van der Waals surface area contributed by atoms with E-state index in [0.717, 1.165) is 21.4 Å². The van der Waals surface area contributed by atoms with Crippen LogP contribution in [0.25, 0.3) is 0 Å². The number of halogens is 1. The fourth-order valence-corrected chi connectivity index (χ4v) is 2.78. The molecule has 0 saturated heterocycles. The second kappa shape index (κ2) is 5.48. The Bertz CT molecular complexity index is 525. The molecule has 2 aromatic carbocycles. The van der Waals surface area contributed by atoms with Gasteiger partial charge in [0.2, 0.25) is 0 Å². The molecule has 0 aliphatic heterocycles. The highest BCUT2D eigenvalue weighted by molar-refractivity contribution is 7.98. The van der Waals surface area contributed by atoms with Crippen molar-refractivity contribution in [3.05, 3.63) is 58.6 Å². The molecule has 0 atom stereocenters. The van der Waals surface area contributed by atoms with Crippen LogP contribution in [0.15, 0.2) is 47.4 Å². The number of benzene rings is 2. The molecule has 1 nitrogen and oxygen atoms in total. The van der Waals surface area contributed by atoms with Gasteiger partial charge in [-0.15, -0.1) is 11.8 Å². The first-order valence-electron chi connectivity index (χ1n) is 5.38. The maximum atomic E-state index is 5.95. The largest absolute Gasteiger partial charge is 0.398 e. The Labute approximate surface area is 111 Å². The summed E-state index contributed by atoms with van der Waals surface area (Å²) in [5, 5.41) is 0.728. The second-order valence-electron chi connectivity index (χ2n) is 3.96. The lowest BCUT2D eigenvalue weighted by atomic mass is 10.2. The van der Waals surface area contributed by atoms with E-state index in [1.165, 1.54) is 11.1 Å². The quantitative estimate of drug-likeness (QED) is 0.651. The van der Waals surface area contributed by atoms with Gasteiger partial charge in [-0.25, -0.2) is 0 Å². The van der Waals surface area contributed by atoms with E-state index in [-0.39, 0.29) is 0 Å². The van der Waals surface area contributed by atoms with Crippen LogP contribution in [0.5, 0.6) is 0 Å². The second-order valence-corrected chi connectivity index (χ2v) is 5.41. The third-order valence-electron chi connectivity index (χ3n) is 2.45. The van der Waals surface area contributed by atoms with Crippen LogP contribution in [0.1, 0.15) is 11.1 Å². The molecule has 3 heteroatoms. The van der Waals surface area contributed by atoms with Gasteiger partial charge in [0.25, 0.3) is 0 Å². The van der Waals surface area contributed by atoms with Crippen molar-refractivity contribution in [2.75, 3.05) is 5.73 Å². The molecule has 2 N–H and O–H groups in total. The number of anilines is 1. The summed E-state index contributed by atoms with van der Waals surface area (Å²) in [5.74, 6) is 0.909. The van der Waals surface area contributed by atoms with Crippen LogP contribution in [0.4, 0.5) is 5.69 Å². The molecule has 0 aromatic heterocycles. The highest BCUT2D eigenvalue weighted by Gasteiger charge is 2.02.